The van der Waals surface area contributed by atoms with Gasteiger partial charge in [0.1, 0.15) is 0 Å². The SMILES string of the molecule is CCCN(CC1CCCN1)C(C)c1cc(C)ccc1C. The largest absolute Gasteiger partial charge is 0.313 e. The number of rotatable bonds is 6. The molecule has 0 aliphatic carbocycles. The lowest BCUT2D eigenvalue weighted by Crippen LogP contribution is -2.39. The first-order valence-corrected chi connectivity index (χ1v) is 8.16. The fourth-order valence-corrected chi connectivity index (χ4v) is 3.33. The first-order valence-electron chi connectivity index (χ1n) is 8.16. The van der Waals surface area contributed by atoms with Gasteiger partial charge in [0.2, 0.25) is 0 Å². The van der Waals surface area contributed by atoms with Crippen LogP contribution in [0.4, 0.5) is 0 Å². The predicted octanol–water partition coefficient (Wildman–Crippen LogP) is 3.83. The molecule has 1 aliphatic heterocycles. The van der Waals surface area contributed by atoms with Crippen LogP contribution in [0, 0.1) is 13.8 Å². The van der Waals surface area contributed by atoms with Gasteiger partial charge in [-0.25, -0.2) is 0 Å². The zero-order valence-electron chi connectivity index (χ0n) is 13.6. The van der Waals surface area contributed by atoms with Gasteiger partial charge in [-0.2, -0.15) is 0 Å². The van der Waals surface area contributed by atoms with E-state index in [0.29, 0.717) is 12.1 Å². The number of nitrogens with one attached hydrogen (secondary N) is 1. The van der Waals surface area contributed by atoms with Gasteiger partial charge < -0.3 is 5.32 Å². The third-order valence-corrected chi connectivity index (χ3v) is 4.56. The van der Waals surface area contributed by atoms with Gasteiger partial charge in [-0.3, -0.25) is 4.90 Å². The molecule has 2 nitrogen and oxygen atoms in total. The maximum atomic E-state index is 3.64. The maximum Gasteiger partial charge on any atom is 0.0323 e. The number of benzene rings is 1. The van der Waals surface area contributed by atoms with Crippen molar-refractivity contribution in [1.82, 2.24) is 10.2 Å². The molecule has 1 heterocycles. The Balaban J connectivity index is 2.12. The molecule has 2 unspecified atom stereocenters. The van der Waals surface area contributed by atoms with E-state index in [9.17, 15) is 0 Å². The second-order valence-corrected chi connectivity index (χ2v) is 6.32. The smallest absolute Gasteiger partial charge is 0.0323 e. The highest BCUT2D eigenvalue weighted by atomic mass is 15.2. The van der Waals surface area contributed by atoms with Crippen molar-refractivity contribution >= 4 is 0 Å². The monoisotopic (exact) mass is 274 g/mol. The van der Waals surface area contributed by atoms with E-state index in [2.05, 4.69) is 56.1 Å². The number of hydrogen-bond acceptors (Lipinski definition) is 2. The third kappa shape index (κ3) is 3.83. The Morgan fingerprint density at radius 1 is 1.35 bits per heavy atom. The molecule has 0 aromatic heterocycles. The Bertz CT molecular complexity index is 421. The van der Waals surface area contributed by atoms with Crippen molar-refractivity contribution < 1.29 is 0 Å². The van der Waals surface area contributed by atoms with Gasteiger partial charge in [0.25, 0.3) is 0 Å². The Morgan fingerprint density at radius 2 is 2.15 bits per heavy atom. The molecular weight excluding hydrogens is 244 g/mol. The topological polar surface area (TPSA) is 15.3 Å². The molecule has 1 N–H and O–H groups in total. The Labute approximate surface area is 124 Å². The lowest BCUT2D eigenvalue weighted by molar-refractivity contribution is 0.192. The average molecular weight is 274 g/mol. The molecule has 2 rings (SSSR count). The molecule has 0 amide bonds. The van der Waals surface area contributed by atoms with Crippen molar-refractivity contribution in [2.75, 3.05) is 19.6 Å². The van der Waals surface area contributed by atoms with Gasteiger partial charge >= 0.3 is 0 Å². The van der Waals surface area contributed by atoms with Gasteiger partial charge in [-0.1, -0.05) is 30.7 Å². The van der Waals surface area contributed by atoms with Crippen LogP contribution in [-0.2, 0) is 0 Å². The van der Waals surface area contributed by atoms with E-state index < -0.39 is 0 Å². The van der Waals surface area contributed by atoms with Crippen LogP contribution in [0.25, 0.3) is 0 Å². The molecule has 2 heteroatoms. The standard InChI is InChI=1S/C18H30N2/c1-5-11-20(13-17-7-6-10-19-17)16(4)18-12-14(2)8-9-15(18)3/h8-9,12,16-17,19H,5-7,10-11,13H2,1-4H3. The van der Waals surface area contributed by atoms with E-state index in [1.165, 1.54) is 55.6 Å². The highest BCUT2D eigenvalue weighted by Gasteiger charge is 2.22. The highest BCUT2D eigenvalue weighted by molar-refractivity contribution is 5.32. The van der Waals surface area contributed by atoms with Crippen molar-refractivity contribution in [2.45, 2.75) is 59.0 Å². The molecule has 20 heavy (non-hydrogen) atoms. The second-order valence-electron chi connectivity index (χ2n) is 6.32. The zero-order chi connectivity index (χ0) is 14.5. The summed E-state index contributed by atoms with van der Waals surface area (Å²) in [7, 11) is 0. The molecule has 1 fully saturated rings. The molecule has 0 bridgehead atoms. The van der Waals surface area contributed by atoms with E-state index in [-0.39, 0.29) is 0 Å². The molecule has 2 atom stereocenters. The van der Waals surface area contributed by atoms with Crippen LogP contribution in [-0.4, -0.2) is 30.6 Å². The predicted molar refractivity (Wildman–Crippen MR) is 87.2 cm³/mol. The zero-order valence-corrected chi connectivity index (χ0v) is 13.6. The minimum Gasteiger partial charge on any atom is -0.313 e. The number of aryl methyl sites for hydroxylation is 2. The van der Waals surface area contributed by atoms with Crippen LogP contribution in [0.3, 0.4) is 0 Å². The van der Waals surface area contributed by atoms with E-state index >= 15 is 0 Å². The van der Waals surface area contributed by atoms with Gasteiger partial charge in [0, 0.05) is 18.6 Å². The molecule has 0 radical (unpaired) electrons. The average Bonchev–Trinajstić information content (AvgIpc) is 2.93. The minimum absolute atomic E-state index is 0.511. The van der Waals surface area contributed by atoms with Crippen molar-refractivity contribution in [3.63, 3.8) is 0 Å². The van der Waals surface area contributed by atoms with Crippen molar-refractivity contribution in [1.29, 1.82) is 0 Å². The fraction of sp³-hybridized carbons (Fsp3) is 0.667. The molecule has 0 saturated carbocycles. The highest BCUT2D eigenvalue weighted by Crippen LogP contribution is 2.25. The lowest BCUT2D eigenvalue weighted by Gasteiger charge is -2.32. The summed E-state index contributed by atoms with van der Waals surface area (Å²) in [6.45, 7) is 12.6. The van der Waals surface area contributed by atoms with Gasteiger partial charge in [-0.05, 0) is 64.3 Å². The summed E-state index contributed by atoms with van der Waals surface area (Å²) in [4.78, 5) is 2.66. The first kappa shape index (κ1) is 15.5. The summed E-state index contributed by atoms with van der Waals surface area (Å²) in [5, 5.41) is 3.64. The summed E-state index contributed by atoms with van der Waals surface area (Å²) in [6.07, 6.45) is 3.89. The summed E-state index contributed by atoms with van der Waals surface area (Å²) in [6, 6.07) is 8.05. The van der Waals surface area contributed by atoms with E-state index in [1.807, 2.05) is 0 Å². The second kappa shape index (κ2) is 7.24. The Kier molecular flexibility index (Phi) is 5.62. The van der Waals surface area contributed by atoms with Crippen LogP contribution in [0.2, 0.25) is 0 Å². The van der Waals surface area contributed by atoms with Crippen LogP contribution in [0.1, 0.15) is 55.8 Å². The summed E-state index contributed by atoms with van der Waals surface area (Å²) in [5.74, 6) is 0. The van der Waals surface area contributed by atoms with E-state index in [4.69, 9.17) is 0 Å². The van der Waals surface area contributed by atoms with Crippen molar-refractivity contribution in [3.05, 3.63) is 34.9 Å². The third-order valence-electron chi connectivity index (χ3n) is 4.56. The lowest BCUT2D eigenvalue weighted by atomic mass is 9.98. The fourth-order valence-electron chi connectivity index (χ4n) is 3.33. The van der Waals surface area contributed by atoms with Crippen molar-refractivity contribution in [2.24, 2.45) is 0 Å². The summed E-state index contributed by atoms with van der Waals surface area (Å²) in [5.41, 5.74) is 4.29. The van der Waals surface area contributed by atoms with Crippen LogP contribution < -0.4 is 5.32 Å². The molecule has 1 aromatic rings. The maximum absolute atomic E-state index is 3.64. The first-order chi connectivity index (χ1) is 9.61. The van der Waals surface area contributed by atoms with Crippen LogP contribution in [0.15, 0.2) is 18.2 Å². The van der Waals surface area contributed by atoms with Crippen LogP contribution in [0.5, 0.6) is 0 Å². The minimum atomic E-state index is 0.511. The molecule has 112 valence electrons. The van der Waals surface area contributed by atoms with E-state index in [0.717, 1.165) is 0 Å². The van der Waals surface area contributed by atoms with Crippen molar-refractivity contribution in [3.8, 4) is 0 Å². The van der Waals surface area contributed by atoms with Gasteiger partial charge in [0.15, 0.2) is 0 Å². The molecule has 1 aliphatic rings. The molecule has 1 aromatic carbocycles. The summed E-state index contributed by atoms with van der Waals surface area (Å²) < 4.78 is 0. The van der Waals surface area contributed by atoms with E-state index in [1.54, 1.807) is 0 Å². The Hall–Kier alpha value is -0.860. The van der Waals surface area contributed by atoms with Gasteiger partial charge in [-0.15, -0.1) is 0 Å². The molecular formula is C18H30N2. The number of nitrogens with zero attached hydrogens (tertiary/aromatic N) is 1. The van der Waals surface area contributed by atoms with Gasteiger partial charge in [0.05, 0.1) is 0 Å². The molecule has 1 saturated heterocycles. The Morgan fingerprint density at radius 3 is 2.80 bits per heavy atom. The number of hydrogen-bond donors (Lipinski definition) is 1. The quantitative estimate of drug-likeness (QED) is 0.848. The molecule has 0 spiro atoms. The normalized spacial score (nSPS) is 20.6. The van der Waals surface area contributed by atoms with Crippen LogP contribution >= 0.6 is 0 Å². The summed E-state index contributed by atoms with van der Waals surface area (Å²) >= 11 is 0.